The van der Waals surface area contributed by atoms with Gasteiger partial charge in [-0.1, -0.05) is 36.4 Å². The molecular weight excluding hydrogens is 406 g/mol. The van der Waals surface area contributed by atoms with Crippen molar-refractivity contribution < 1.29 is 24.1 Å². The number of nitrogens with zero attached hydrogens (tertiary/aromatic N) is 1. The van der Waals surface area contributed by atoms with Crippen molar-refractivity contribution in [3.05, 3.63) is 72.3 Å². The van der Waals surface area contributed by atoms with Crippen molar-refractivity contribution in [2.75, 3.05) is 31.2 Å². The van der Waals surface area contributed by atoms with Crippen LogP contribution in [0.1, 0.15) is 12.5 Å². The van der Waals surface area contributed by atoms with E-state index in [1.165, 1.54) is 6.92 Å². The lowest BCUT2D eigenvalue weighted by atomic mass is 10.00. The number of benzene rings is 3. The molecule has 1 N–H and O–H groups in total. The van der Waals surface area contributed by atoms with Gasteiger partial charge >= 0.3 is 5.97 Å². The molecule has 1 unspecified atom stereocenters. The van der Waals surface area contributed by atoms with Crippen LogP contribution in [0.4, 0.5) is 5.69 Å². The number of carboxylic acids is 1. The predicted octanol–water partition coefficient (Wildman–Crippen LogP) is 4.79. The van der Waals surface area contributed by atoms with Crippen molar-refractivity contribution in [2.45, 2.75) is 20.0 Å². The molecule has 3 aromatic carbocycles. The molecule has 6 heteroatoms. The number of ether oxygens (including phenoxy) is 3. The third kappa shape index (κ3) is 4.80. The second kappa shape index (κ2) is 9.64. The fourth-order valence-corrected chi connectivity index (χ4v) is 3.76. The monoisotopic (exact) mass is 433 g/mol. The normalized spacial score (nSPS) is 13.6. The minimum Gasteiger partial charge on any atom is -0.492 e. The Balaban J connectivity index is 1.38. The summed E-state index contributed by atoms with van der Waals surface area (Å²) in [6, 6.07) is 21.6. The third-order valence-electron chi connectivity index (χ3n) is 5.56. The number of para-hydroxylation sites is 2. The smallest absolute Gasteiger partial charge is 0.344 e. The first-order valence-electron chi connectivity index (χ1n) is 10.7. The van der Waals surface area contributed by atoms with Gasteiger partial charge in [-0.15, -0.1) is 0 Å². The highest BCUT2D eigenvalue weighted by atomic mass is 16.5. The molecule has 1 aliphatic heterocycles. The Morgan fingerprint density at radius 2 is 1.88 bits per heavy atom. The molecule has 3 aromatic rings. The molecule has 0 saturated carbocycles. The van der Waals surface area contributed by atoms with Crippen LogP contribution in [0.3, 0.4) is 0 Å². The molecule has 1 heterocycles. The molecule has 166 valence electrons. The van der Waals surface area contributed by atoms with Crippen LogP contribution in [0, 0.1) is 6.92 Å². The van der Waals surface area contributed by atoms with Crippen molar-refractivity contribution in [1.82, 2.24) is 0 Å². The largest absolute Gasteiger partial charge is 0.492 e. The Hall–Kier alpha value is -3.67. The zero-order chi connectivity index (χ0) is 22.5. The van der Waals surface area contributed by atoms with E-state index in [4.69, 9.17) is 19.3 Å². The van der Waals surface area contributed by atoms with E-state index in [0.717, 1.165) is 47.0 Å². The number of fused-ring (bicyclic) bond motifs is 1. The topological polar surface area (TPSA) is 68.2 Å². The Morgan fingerprint density at radius 1 is 1.09 bits per heavy atom. The van der Waals surface area contributed by atoms with Crippen LogP contribution in [0.15, 0.2) is 66.7 Å². The zero-order valence-electron chi connectivity index (χ0n) is 18.3. The van der Waals surface area contributed by atoms with E-state index in [9.17, 15) is 4.79 Å². The maximum absolute atomic E-state index is 11.1. The lowest BCUT2D eigenvalue weighted by molar-refractivity contribution is -0.144. The first kappa shape index (κ1) is 21.6. The molecule has 1 atom stereocenters. The fourth-order valence-electron chi connectivity index (χ4n) is 3.76. The van der Waals surface area contributed by atoms with E-state index in [-0.39, 0.29) is 0 Å². The summed E-state index contributed by atoms with van der Waals surface area (Å²) in [5.74, 6) is 1.31. The van der Waals surface area contributed by atoms with Gasteiger partial charge in [0.05, 0.1) is 18.8 Å². The van der Waals surface area contributed by atoms with E-state index in [1.54, 1.807) is 6.07 Å². The number of carboxylic acid groups (broad SMARTS) is 1. The predicted molar refractivity (Wildman–Crippen MR) is 124 cm³/mol. The van der Waals surface area contributed by atoms with Crippen molar-refractivity contribution >= 4 is 11.7 Å². The van der Waals surface area contributed by atoms with Crippen LogP contribution >= 0.6 is 0 Å². The molecule has 0 fully saturated rings. The molecule has 0 aliphatic carbocycles. The number of rotatable bonds is 8. The molecule has 0 bridgehead atoms. The molecule has 4 rings (SSSR count). The lowest BCUT2D eigenvalue weighted by Gasteiger charge is -2.31. The standard InChI is InChI=1S/C26H27NO5/c1-18-22(6-5-9-24(18)32-19(2)26(28)29)20-10-12-21(13-11-20)30-16-14-27-15-17-31-25-8-4-3-7-23(25)27/h3-13,19H,14-17H2,1-2H3,(H,28,29). The molecule has 0 radical (unpaired) electrons. The SMILES string of the molecule is Cc1c(OC(C)C(=O)O)cccc1-c1ccc(OCCN2CCOc3ccccc32)cc1. The summed E-state index contributed by atoms with van der Waals surface area (Å²) in [4.78, 5) is 13.4. The lowest BCUT2D eigenvalue weighted by Crippen LogP contribution is -2.35. The van der Waals surface area contributed by atoms with Crippen LogP contribution in [-0.4, -0.2) is 43.5 Å². The van der Waals surface area contributed by atoms with Gasteiger partial charge in [0, 0.05) is 0 Å². The number of anilines is 1. The summed E-state index contributed by atoms with van der Waals surface area (Å²) in [5, 5.41) is 9.11. The van der Waals surface area contributed by atoms with Gasteiger partial charge in [0.1, 0.15) is 30.5 Å². The van der Waals surface area contributed by atoms with Gasteiger partial charge in [-0.2, -0.15) is 0 Å². The number of hydrogen-bond donors (Lipinski definition) is 1. The first-order chi connectivity index (χ1) is 15.5. The van der Waals surface area contributed by atoms with Gasteiger partial charge in [0.25, 0.3) is 0 Å². The van der Waals surface area contributed by atoms with Gasteiger partial charge in [0.15, 0.2) is 6.10 Å². The average molecular weight is 434 g/mol. The molecule has 1 aliphatic rings. The van der Waals surface area contributed by atoms with Crippen LogP contribution in [-0.2, 0) is 4.79 Å². The van der Waals surface area contributed by atoms with Crippen LogP contribution in [0.25, 0.3) is 11.1 Å². The highest BCUT2D eigenvalue weighted by molar-refractivity contribution is 5.73. The van der Waals surface area contributed by atoms with Crippen molar-refractivity contribution in [3.63, 3.8) is 0 Å². The van der Waals surface area contributed by atoms with E-state index < -0.39 is 12.1 Å². The first-order valence-corrected chi connectivity index (χ1v) is 10.7. The Labute approximate surface area is 188 Å². The minimum atomic E-state index is -0.989. The van der Waals surface area contributed by atoms with Gasteiger partial charge in [-0.05, 0) is 60.9 Å². The molecule has 0 spiro atoms. The van der Waals surface area contributed by atoms with E-state index in [2.05, 4.69) is 11.0 Å². The van der Waals surface area contributed by atoms with Gasteiger partial charge in [-0.25, -0.2) is 4.79 Å². The van der Waals surface area contributed by atoms with Gasteiger partial charge in [-0.3, -0.25) is 0 Å². The summed E-state index contributed by atoms with van der Waals surface area (Å²) < 4.78 is 17.3. The maximum Gasteiger partial charge on any atom is 0.344 e. The molecule has 0 saturated heterocycles. The van der Waals surface area contributed by atoms with E-state index in [1.807, 2.05) is 61.5 Å². The van der Waals surface area contributed by atoms with Crippen molar-refractivity contribution in [2.24, 2.45) is 0 Å². The van der Waals surface area contributed by atoms with Crippen molar-refractivity contribution in [1.29, 1.82) is 0 Å². The number of aliphatic carboxylic acids is 1. The van der Waals surface area contributed by atoms with Crippen LogP contribution in [0.5, 0.6) is 17.2 Å². The van der Waals surface area contributed by atoms with Crippen molar-refractivity contribution in [3.8, 4) is 28.4 Å². The molecule has 0 aromatic heterocycles. The second-order valence-corrected chi connectivity index (χ2v) is 7.70. The highest BCUT2D eigenvalue weighted by Gasteiger charge is 2.17. The quantitative estimate of drug-likeness (QED) is 0.551. The second-order valence-electron chi connectivity index (χ2n) is 7.70. The summed E-state index contributed by atoms with van der Waals surface area (Å²) >= 11 is 0. The Kier molecular flexibility index (Phi) is 6.50. The zero-order valence-corrected chi connectivity index (χ0v) is 18.3. The van der Waals surface area contributed by atoms with Gasteiger partial charge in [0.2, 0.25) is 0 Å². The maximum atomic E-state index is 11.1. The fraction of sp³-hybridized carbons (Fsp3) is 0.269. The van der Waals surface area contributed by atoms with Gasteiger partial charge < -0.3 is 24.2 Å². The minimum absolute atomic E-state index is 0.573. The van der Waals surface area contributed by atoms with Crippen LogP contribution < -0.4 is 19.1 Å². The molecule has 0 amide bonds. The Morgan fingerprint density at radius 3 is 2.66 bits per heavy atom. The molecule has 6 nitrogen and oxygen atoms in total. The van der Waals surface area contributed by atoms with E-state index in [0.29, 0.717) is 19.0 Å². The summed E-state index contributed by atoms with van der Waals surface area (Å²) in [6.07, 6.45) is -0.904. The molecule has 32 heavy (non-hydrogen) atoms. The summed E-state index contributed by atoms with van der Waals surface area (Å²) in [6.45, 7) is 6.34. The molecular formula is C26H27NO5. The Bertz CT molecular complexity index is 1080. The van der Waals surface area contributed by atoms with E-state index >= 15 is 0 Å². The number of hydrogen-bond acceptors (Lipinski definition) is 5. The summed E-state index contributed by atoms with van der Waals surface area (Å²) in [7, 11) is 0. The average Bonchev–Trinajstić information content (AvgIpc) is 2.81. The highest BCUT2D eigenvalue weighted by Crippen LogP contribution is 2.32. The van der Waals surface area contributed by atoms with Crippen LogP contribution in [0.2, 0.25) is 0 Å². The third-order valence-corrected chi connectivity index (χ3v) is 5.56. The summed E-state index contributed by atoms with van der Waals surface area (Å²) in [5.41, 5.74) is 4.02. The number of carbonyl (C=O) groups is 1.